The molecule has 17 heavy (non-hydrogen) atoms. The van der Waals surface area contributed by atoms with E-state index in [-0.39, 0.29) is 5.54 Å². The first kappa shape index (κ1) is 12.9. The van der Waals surface area contributed by atoms with E-state index in [2.05, 4.69) is 58.9 Å². The summed E-state index contributed by atoms with van der Waals surface area (Å²) in [7, 11) is 0. The molecule has 0 spiro atoms. The Balaban J connectivity index is 2.27. The van der Waals surface area contributed by atoms with Gasteiger partial charge in [0, 0.05) is 22.2 Å². The lowest BCUT2D eigenvalue weighted by molar-refractivity contribution is 0.245. The van der Waals surface area contributed by atoms with Gasteiger partial charge in [0.1, 0.15) is 0 Å². The number of rotatable bonds is 2. The highest BCUT2D eigenvalue weighted by atomic mass is 79.9. The first-order valence-electron chi connectivity index (χ1n) is 6.29. The Kier molecular flexibility index (Phi) is 3.79. The zero-order chi connectivity index (χ0) is 12.5. The van der Waals surface area contributed by atoms with Crippen LogP contribution in [0.1, 0.15) is 26.7 Å². The fourth-order valence-corrected chi connectivity index (χ4v) is 3.11. The summed E-state index contributed by atoms with van der Waals surface area (Å²) in [6.07, 6.45) is 2.48. The number of anilines is 1. The summed E-state index contributed by atoms with van der Waals surface area (Å²) >= 11 is 3.49. The van der Waals surface area contributed by atoms with Gasteiger partial charge in [0.15, 0.2) is 0 Å². The van der Waals surface area contributed by atoms with Gasteiger partial charge in [-0.05, 0) is 63.4 Å². The van der Waals surface area contributed by atoms with Crippen molar-refractivity contribution in [1.82, 2.24) is 0 Å². The van der Waals surface area contributed by atoms with Crippen LogP contribution >= 0.6 is 15.9 Å². The minimum atomic E-state index is 0.154. The Morgan fingerprint density at radius 1 is 1.35 bits per heavy atom. The predicted octanol–water partition coefficient (Wildman–Crippen LogP) is 3.40. The lowest BCUT2D eigenvalue weighted by Crippen LogP contribution is -2.55. The third-order valence-electron chi connectivity index (χ3n) is 4.05. The largest absolute Gasteiger partial charge is 0.366 e. The summed E-state index contributed by atoms with van der Waals surface area (Å²) < 4.78 is 1.13. The molecule has 2 rings (SSSR count). The van der Waals surface area contributed by atoms with Gasteiger partial charge in [-0.25, -0.2) is 0 Å². The number of nitrogens with zero attached hydrogens (tertiary/aromatic N) is 1. The maximum Gasteiger partial charge on any atom is 0.0386 e. The number of piperidine rings is 1. The Morgan fingerprint density at radius 2 is 2.00 bits per heavy atom. The van der Waals surface area contributed by atoms with Gasteiger partial charge in [-0.2, -0.15) is 0 Å². The lowest BCUT2D eigenvalue weighted by Gasteiger charge is -2.49. The van der Waals surface area contributed by atoms with E-state index in [0.717, 1.165) is 17.6 Å². The minimum absolute atomic E-state index is 0.154. The molecular weight excluding hydrogens is 276 g/mol. The van der Waals surface area contributed by atoms with Crippen LogP contribution in [0.5, 0.6) is 0 Å². The maximum absolute atomic E-state index is 5.91. The summed E-state index contributed by atoms with van der Waals surface area (Å²) in [5.74, 6) is 0.583. The standard InChI is InChI=1S/C14H21BrN2/c1-14(2)11(10-16)4-3-9-17(14)13-7-5-12(15)6-8-13/h5-8,11H,3-4,9-10,16H2,1-2H3. The quantitative estimate of drug-likeness (QED) is 0.906. The van der Waals surface area contributed by atoms with Crippen LogP contribution in [0.4, 0.5) is 5.69 Å². The van der Waals surface area contributed by atoms with Crippen LogP contribution in [0.25, 0.3) is 0 Å². The van der Waals surface area contributed by atoms with Gasteiger partial charge in [-0.1, -0.05) is 15.9 Å². The zero-order valence-corrected chi connectivity index (χ0v) is 12.2. The molecule has 1 aliphatic rings. The Morgan fingerprint density at radius 3 is 2.59 bits per heavy atom. The molecule has 1 atom stereocenters. The van der Waals surface area contributed by atoms with Gasteiger partial charge >= 0.3 is 0 Å². The Labute approximate surface area is 112 Å². The molecule has 1 fully saturated rings. The molecular formula is C14H21BrN2. The van der Waals surface area contributed by atoms with Crippen molar-refractivity contribution >= 4 is 21.6 Å². The lowest BCUT2D eigenvalue weighted by atomic mass is 9.79. The number of hydrogen-bond acceptors (Lipinski definition) is 2. The summed E-state index contributed by atoms with van der Waals surface area (Å²) in [4.78, 5) is 2.50. The average molecular weight is 297 g/mol. The molecule has 0 aromatic heterocycles. The predicted molar refractivity (Wildman–Crippen MR) is 77.3 cm³/mol. The van der Waals surface area contributed by atoms with Crippen molar-refractivity contribution in [2.75, 3.05) is 18.0 Å². The fraction of sp³-hybridized carbons (Fsp3) is 0.571. The van der Waals surface area contributed by atoms with E-state index in [1.807, 2.05) is 0 Å². The number of hydrogen-bond donors (Lipinski definition) is 1. The molecule has 1 aromatic rings. The van der Waals surface area contributed by atoms with E-state index in [1.54, 1.807) is 0 Å². The van der Waals surface area contributed by atoms with Crippen molar-refractivity contribution < 1.29 is 0 Å². The van der Waals surface area contributed by atoms with Crippen LogP contribution in [0, 0.1) is 5.92 Å². The van der Waals surface area contributed by atoms with E-state index in [1.165, 1.54) is 18.5 Å². The van der Waals surface area contributed by atoms with Crippen LogP contribution in [0.15, 0.2) is 28.7 Å². The molecule has 2 N–H and O–H groups in total. The number of benzene rings is 1. The van der Waals surface area contributed by atoms with Crippen molar-refractivity contribution in [3.63, 3.8) is 0 Å². The Bertz CT molecular complexity index is 372. The molecule has 0 radical (unpaired) electrons. The third kappa shape index (κ3) is 2.50. The third-order valence-corrected chi connectivity index (χ3v) is 4.58. The van der Waals surface area contributed by atoms with Gasteiger partial charge in [0.05, 0.1) is 0 Å². The van der Waals surface area contributed by atoms with E-state index >= 15 is 0 Å². The molecule has 1 aromatic carbocycles. The highest BCUT2D eigenvalue weighted by Gasteiger charge is 2.37. The van der Waals surface area contributed by atoms with Gasteiger partial charge in [0.2, 0.25) is 0 Å². The SMILES string of the molecule is CC1(C)C(CN)CCCN1c1ccc(Br)cc1. The van der Waals surface area contributed by atoms with Crippen LogP contribution in [0.2, 0.25) is 0 Å². The number of nitrogens with two attached hydrogens (primary N) is 1. The van der Waals surface area contributed by atoms with Crippen LogP contribution < -0.4 is 10.6 Å². The molecule has 1 saturated heterocycles. The second-order valence-corrected chi connectivity index (χ2v) is 6.27. The first-order valence-corrected chi connectivity index (χ1v) is 7.08. The minimum Gasteiger partial charge on any atom is -0.366 e. The maximum atomic E-state index is 5.91. The van der Waals surface area contributed by atoms with Gasteiger partial charge in [0.25, 0.3) is 0 Å². The monoisotopic (exact) mass is 296 g/mol. The number of halogens is 1. The average Bonchev–Trinajstić information content (AvgIpc) is 2.30. The second-order valence-electron chi connectivity index (χ2n) is 5.36. The van der Waals surface area contributed by atoms with Crippen molar-refractivity contribution in [3.05, 3.63) is 28.7 Å². The van der Waals surface area contributed by atoms with E-state index in [4.69, 9.17) is 5.73 Å². The van der Waals surface area contributed by atoms with E-state index in [0.29, 0.717) is 5.92 Å². The molecule has 3 heteroatoms. The van der Waals surface area contributed by atoms with Crippen molar-refractivity contribution in [1.29, 1.82) is 0 Å². The fourth-order valence-electron chi connectivity index (χ4n) is 2.85. The zero-order valence-electron chi connectivity index (χ0n) is 10.6. The summed E-state index contributed by atoms with van der Waals surface area (Å²) in [6.45, 7) is 6.53. The smallest absolute Gasteiger partial charge is 0.0386 e. The molecule has 2 nitrogen and oxygen atoms in total. The molecule has 1 unspecified atom stereocenters. The molecule has 94 valence electrons. The highest BCUT2D eigenvalue weighted by molar-refractivity contribution is 9.10. The van der Waals surface area contributed by atoms with E-state index < -0.39 is 0 Å². The van der Waals surface area contributed by atoms with Gasteiger partial charge < -0.3 is 10.6 Å². The van der Waals surface area contributed by atoms with E-state index in [9.17, 15) is 0 Å². The van der Waals surface area contributed by atoms with Crippen molar-refractivity contribution in [2.24, 2.45) is 11.7 Å². The van der Waals surface area contributed by atoms with Crippen LogP contribution in [-0.4, -0.2) is 18.6 Å². The van der Waals surface area contributed by atoms with Gasteiger partial charge in [-0.15, -0.1) is 0 Å². The van der Waals surface area contributed by atoms with Crippen LogP contribution in [-0.2, 0) is 0 Å². The van der Waals surface area contributed by atoms with Crippen molar-refractivity contribution in [2.45, 2.75) is 32.2 Å². The second kappa shape index (κ2) is 4.99. The summed E-state index contributed by atoms with van der Waals surface area (Å²) in [5, 5.41) is 0. The summed E-state index contributed by atoms with van der Waals surface area (Å²) in [5.41, 5.74) is 7.36. The van der Waals surface area contributed by atoms with Gasteiger partial charge in [-0.3, -0.25) is 0 Å². The summed E-state index contributed by atoms with van der Waals surface area (Å²) in [6, 6.07) is 8.59. The normalized spacial score (nSPS) is 23.8. The Hall–Kier alpha value is -0.540. The molecule has 0 amide bonds. The molecule has 0 bridgehead atoms. The molecule has 1 aliphatic heterocycles. The topological polar surface area (TPSA) is 29.3 Å². The molecule has 0 aliphatic carbocycles. The molecule has 0 saturated carbocycles. The van der Waals surface area contributed by atoms with Crippen LogP contribution in [0.3, 0.4) is 0 Å². The molecule has 1 heterocycles. The first-order chi connectivity index (χ1) is 8.05. The van der Waals surface area contributed by atoms with Crippen molar-refractivity contribution in [3.8, 4) is 0 Å². The highest BCUT2D eigenvalue weighted by Crippen LogP contribution is 2.36.